The Kier molecular flexibility index (Phi) is 8.77. The molecule has 3 nitrogen and oxygen atoms in total. The Balaban J connectivity index is 2.33. The average Bonchev–Trinajstić information content (AvgIpc) is 2.89. The molecule has 0 spiro atoms. The van der Waals surface area contributed by atoms with Gasteiger partial charge in [-0.3, -0.25) is 4.79 Å². The van der Waals surface area contributed by atoms with E-state index in [4.69, 9.17) is 5.11 Å². The van der Waals surface area contributed by atoms with Gasteiger partial charge in [-0.05, 0) is 17.9 Å². The van der Waals surface area contributed by atoms with Crippen molar-refractivity contribution in [1.82, 2.24) is 5.32 Å². The van der Waals surface area contributed by atoms with Crippen LogP contribution in [-0.2, 0) is 11.3 Å². The van der Waals surface area contributed by atoms with Gasteiger partial charge < -0.3 is 10.4 Å². The topological polar surface area (TPSA) is 49.3 Å². The lowest BCUT2D eigenvalue weighted by Gasteiger charge is -2.04. The second-order valence-corrected chi connectivity index (χ2v) is 5.62. The van der Waals surface area contributed by atoms with Crippen LogP contribution >= 0.6 is 11.3 Å². The number of amides is 1. The summed E-state index contributed by atoms with van der Waals surface area (Å²) in [5.41, 5.74) is 0.953. The van der Waals surface area contributed by atoms with Gasteiger partial charge in [0.1, 0.15) is 0 Å². The molecule has 2 N–H and O–H groups in total. The van der Waals surface area contributed by atoms with E-state index in [1.54, 1.807) is 11.3 Å². The van der Waals surface area contributed by atoms with E-state index in [2.05, 4.69) is 24.1 Å². The van der Waals surface area contributed by atoms with Crippen LogP contribution in [0.1, 0.15) is 55.9 Å². The highest BCUT2D eigenvalue weighted by atomic mass is 32.1. The molecular formula is C16H23NO2S. The number of aliphatic hydroxyl groups excluding tert-OH is 1. The summed E-state index contributed by atoms with van der Waals surface area (Å²) >= 11 is 1.60. The largest absolute Gasteiger partial charge is 0.395 e. The minimum atomic E-state index is 0.0843. The standard InChI is InChI=1S/C16H23NO2S/c1-2-3-4-5-9-16(19)17-13-15-14(10-12-20-15)8-6-7-11-18/h10,12,18H,2-5,7,9,11,13H2,1H3,(H,17,19). The minimum Gasteiger partial charge on any atom is -0.395 e. The van der Waals surface area contributed by atoms with Crippen molar-refractivity contribution < 1.29 is 9.90 Å². The molecule has 1 aromatic heterocycles. The molecule has 1 rings (SSSR count). The lowest BCUT2D eigenvalue weighted by atomic mass is 10.1. The van der Waals surface area contributed by atoms with Crippen LogP contribution in [0.25, 0.3) is 0 Å². The van der Waals surface area contributed by atoms with Gasteiger partial charge in [0.2, 0.25) is 5.91 Å². The smallest absolute Gasteiger partial charge is 0.220 e. The van der Waals surface area contributed by atoms with Gasteiger partial charge >= 0.3 is 0 Å². The van der Waals surface area contributed by atoms with E-state index in [1.807, 2.05) is 11.4 Å². The second-order valence-electron chi connectivity index (χ2n) is 4.62. The molecule has 0 aliphatic carbocycles. The van der Waals surface area contributed by atoms with Gasteiger partial charge in [-0.25, -0.2) is 0 Å². The summed E-state index contributed by atoms with van der Waals surface area (Å²) in [4.78, 5) is 12.8. The summed E-state index contributed by atoms with van der Waals surface area (Å²) in [6, 6.07) is 1.96. The first-order chi connectivity index (χ1) is 9.77. The van der Waals surface area contributed by atoms with E-state index in [1.165, 1.54) is 12.8 Å². The number of rotatable bonds is 8. The molecule has 1 amide bonds. The molecule has 110 valence electrons. The summed E-state index contributed by atoms with van der Waals surface area (Å²) in [5.74, 6) is 6.05. The van der Waals surface area contributed by atoms with Crippen molar-refractivity contribution in [3.63, 3.8) is 0 Å². The molecule has 0 atom stereocenters. The number of nitrogens with one attached hydrogen (secondary N) is 1. The molecule has 0 bridgehead atoms. The molecule has 0 radical (unpaired) electrons. The third-order valence-electron chi connectivity index (χ3n) is 2.91. The van der Waals surface area contributed by atoms with Crippen LogP contribution in [-0.4, -0.2) is 17.6 Å². The van der Waals surface area contributed by atoms with Gasteiger partial charge in [0.05, 0.1) is 13.2 Å². The fourth-order valence-corrected chi connectivity index (χ4v) is 2.55. The minimum absolute atomic E-state index is 0.0843. The Labute approximate surface area is 125 Å². The Bertz CT molecular complexity index is 457. The highest BCUT2D eigenvalue weighted by Gasteiger charge is 2.05. The fraction of sp³-hybridized carbons (Fsp3) is 0.562. The Morgan fingerprint density at radius 1 is 1.40 bits per heavy atom. The Morgan fingerprint density at radius 2 is 2.25 bits per heavy atom. The molecule has 0 aliphatic heterocycles. The Hall–Kier alpha value is -1.31. The van der Waals surface area contributed by atoms with Crippen LogP contribution in [0.5, 0.6) is 0 Å². The van der Waals surface area contributed by atoms with Crippen molar-refractivity contribution in [2.75, 3.05) is 6.61 Å². The molecule has 0 unspecified atom stereocenters. The normalized spacial score (nSPS) is 9.90. The van der Waals surface area contributed by atoms with E-state index < -0.39 is 0 Å². The van der Waals surface area contributed by atoms with Crippen molar-refractivity contribution >= 4 is 17.2 Å². The molecule has 0 aromatic carbocycles. The molecule has 4 heteroatoms. The van der Waals surface area contributed by atoms with Crippen LogP contribution < -0.4 is 5.32 Å². The molecular weight excluding hydrogens is 270 g/mol. The molecule has 0 saturated carbocycles. The molecule has 20 heavy (non-hydrogen) atoms. The van der Waals surface area contributed by atoms with Gasteiger partial charge in [0, 0.05) is 23.3 Å². The van der Waals surface area contributed by atoms with Crippen molar-refractivity contribution in [3.8, 4) is 11.8 Å². The number of unbranched alkanes of at least 4 members (excludes halogenated alkanes) is 3. The number of carbonyl (C=O) groups is 1. The first kappa shape index (κ1) is 16.7. The third kappa shape index (κ3) is 6.74. The SMILES string of the molecule is CCCCCCC(=O)NCc1sccc1C#CCCO. The summed E-state index contributed by atoms with van der Waals surface area (Å²) in [6.45, 7) is 2.80. The highest BCUT2D eigenvalue weighted by molar-refractivity contribution is 7.10. The zero-order valence-electron chi connectivity index (χ0n) is 12.1. The number of carbonyl (C=O) groups excluding carboxylic acids is 1. The third-order valence-corrected chi connectivity index (χ3v) is 3.83. The second kappa shape index (κ2) is 10.5. The van der Waals surface area contributed by atoms with Crippen molar-refractivity contribution in [1.29, 1.82) is 0 Å². The zero-order valence-corrected chi connectivity index (χ0v) is 12.9. The van der Waals surface area contributed by atoms with E-state index in [-0.39, 0.29) is 12.5 Å². The Morgan fingerprint density at radius 3 is 3.00 bits per heavy atom. The van der Waals surface area contributed by atoms with Gasteiger partial charge in [-0.2, -0.15) is 0 Å². The molecule has 0 fully saturated rings. The van der Waals surface area contributed by atoms with Gasteiger partial charge in [-0.15, -0.1) is 11.3 Å². The number of aliphatic hydroxyl groups is 1. The highest BCUT2D eigenvalue weighted by Crippen LogP contribution is 2.15. The van der Waals surface area contributed by atoms with E-state index >= 15 is 0 Å². The lowest BCUT2D eigenvalue weighted by Crippen LogP contribution is -2.22. The number of hydrogen-bond donors (Lipinski definition) is 2. The van der Waals surface area contributed by atoms with Crippen LogP contribution in [0.3, 0.4) is 0 Å². The first-order valence-corrected chi connectivity index (χ1v) is 8.08. The average molecular weight is 293 g/mol. The summed E-state index contributed by atoms with van der Waals surface area (Å²) in [7, 11) is 0. The van der Waals surface area contributed by atoms with Gasteiger partial charge in [0.15, 0.2) is 0 Å². The summed E-state index contributed by atoms with van der Waals surface area (Å²) in [6.07, 6.45) is 5.57. The number of thiophene rings is 1. The van der Waals surface area contributed by atoms with Crippen molar-refractivity contribution in [2.45, 2.75) is 52.0 Å². The van der Waals surface area contributed by atoms with Gasteiger partial charge in [-0.1, -0.05) is 38.0 Å². The fourth-order valence-electron chi connectivity index (χ4n) is 1.78. The summed E-state index contributed by atoms with van der Waals surface area (Å²) in [5, 5.41) is 13.6. The van der Waals surface area contributed by atoms with Gasteiger partial charge in [0.25, 0.3) is 0 Å². The first-order valence-electron chi connectivity index (χ1n) is 7.20. The molecule has 1 aromatic rings. The van der Waals surface area contributed by atoms with Crippen LogP contribution in [0.4, 0.5) is 0 Å². The van der Waals surface area contributed by atoms with Crippen molar-refractivity contribution in [2.24, 2.45) is 0 Å². The van der Waals surface area contributed by atoms with E-state index in [9.17, 15) is 4.79 Å². The van der Waals surface area contributed by atoms with Crippen LogP contribution in [0.2, 0.25) is 0 Å². The van der Waals surface area contributed by atoms with E-state index in [0.717, 1.165) is 23.3 Å². The molecule has 0 aliphatic rings. The quantitative estimate of drug-likeness (QED) is 0.571. The zero-order chi connectivity index (χ0) is 14.6. The predicted octanol–water partition coefficient (Wildman–Crippen LogP) is 3.07. The van der Waals surface area contributed by atoms with E-state index in [0.29, 0.717) is 19.4 Å². The predicted molar refractivity (Wildman–Crippen MR) is 83.5 cm³/mol. The maximum absolute atomic E-state index is 11.7. The van der Waals surface area contributed by atoms with Crippen LogP contribution in [0.15, 0.2) is 11.4 Å². The summed E-state index contributed by atoms with van der Waals surface area (Å²) < 4.78 is 0. The number of hydrogen-bond acceptors (Lipinski definition) is 3. The lowest BCUT2D eigenvalue weighted by molar-refractivity contribution is -0.121. The maximum atomic E-state index is 11.7. The van der Waals surface area contributed by atoms with Crippen molar-refractivity contribution in [3.05, 3.63) is 21.9 Å². The van der Waals surface area contributed by atoms with Crippen LogP contribution in [0, 0.1) is 11.8 Å². The monoisotopic (exact) mass is 293 g/mol. The maximum Gasteiger partial charge on any atom is 0.220 e. The molecule has 1 heterocycles. The molecule has 0 saturated heterocycles.